The largest absolute Gasteiger partial charge is 0.357 e. The Balaban J connectivity index is 2.68. The van der Waals surface area contributed by atoms with Crippen LogP contribution in [-0.2, 0) is 10.0 Å². The van der Waals surface area contributed by atoms with Crippen LogP contribution >= 0.6 is 0 Å². The van der Waals surface area contributed by atoms with Crippen LogP contribution in [0.2, 0.25) is 0 Å². The van der Waals surface area contributed by atoms with Gasteiger partial charge in [0.05, 0.1) is 16.4 Å². The lowest BCUT2D eigenvalue weighted by Gasteiger charge is -2.14. The topological polar surface area (TPSA) is 126 Å². The van der Waals surface area contributed by atoms with Crippen molar-refractivity contribution in [2.24, 2.45) is 4.99 Å². The van der Waals surface area contributed by atoms with Crippen molar-refractivity contribution in [1.82, 2.24) is 15.4 Å². The molecule has 0 amide bonds. The van der Waals surface area contributed by atoms with Crippen molar-refractivity contribution in [3.05, 3.63) is 34.4 Å². The van der Waals surface area contributed by atoms with Crippen LogP contribution in [0.1, 0.15) is 20.8 Å². The molecule has 0 aliphatic rings. The minimum absolute atomic E-state index is 0.0830. The SMILES string of the molecule is CCNC(=NCCNS(=O)(=O)c1cccc([N+](=O)[O-])c1)NC(C)C. The Morgan fingerprint density at radius 2 is 2.08 bits per heavy atom. The molecule has 10 heteroatoms. The van der Waals surface area contributed by atoms with Gasteiger partial charge < -0.3 is 10.6 Å². The molecular weight excluding hydrogens is 334 g/mol. The Morgan fingerprint density at radius 3 is 2.67 bits per heavy atom. The molecule has 0 aliphatic carbocycles. The van der Waals surface area contributed by atoms with Gasteiger partial charge in [-0.15, -0.1) is 0 Å². The lowest BCUT2D eigenvalue weighted by Crippen LogP contribution is -2.41. The third-order valence-electron chi connectivity index (χ3n) is 2.78. The first kappa shape index (κ1) is 19.8. The summed E-state index contributed by atoms with van der Waals surface area (Å²) in [6.45, 7) is 6.88. The number of benzene rings is 1. The Hall–Kier alpha value is -2.20. The minimum atomic E-state index is -3.81. The van der Waals surface area contributed by atoms with Crippen LogP contribution < -0.4 is 15.4 Å². The monoisotopic (exact) mass is 357 g/mol. The Kier molecular flexibility index (Phi) is 7.59. The molecule has 1 rings (SSSR count). The highest BCUT2D eigenvalue weighted by atomic mass is 32.2. The number of guanidine groups is 1. The minimum Gasteiger partial charge on any atom is -0.357 e. The number of nitro groups is 1. The number of nitrogens with one attached hydrogen (secondary N) is 3. The number of hydrogen-bond acceptors (Lipinski definition) is 5. The van der Waals surface area contributed by atoms with Crippen LogP contribution in [-0.4, -0.2) is 45.0 Å². The number of sulfonamides is 1. The zero-order valence-electron chi connectivity index (χ0n) is 13.9. The van der Waals surface area contributed by atoms with Crippen molar-refractivity contribution < 1.29 is 13.3 Å². The van der Waals surface area contributed by atoms with E-state index in [-0.39, 0.29) is 29.7 Å². The van der Waals surface area contributed by atoms with Crippen LogP contribution in [0.25, 0.3) is 0 Å². The lowest BCUT2D eigenvalue weighted by atomic mass is 10.3. The summed E-state index contributed by atoms with van der Waals surface area (Å²) < 4.78 is 26.7. The van der Waals surface area contributed by atoms with E-state index < -0.39 is 14.9 Å². The summed E-state index contributed by atoms with van der Waals surface area (Å²) in [5, 5.41) is 16.9. The van der Waals surface area contributed by atoms with E-state index in [0.717, 1.165) is 6.07 Å². The normalized spacial score (nSPS) is 12.2. The van der Waals surface area contributed by atoms with E-state index in [9.17, 15) is 18.5 Å². The predicted octanol–water partition coefficient (Wildman–Crippen LogP) is 0.837. The zero-order valence-corrected chi connectivity index (χ0v) is 14.8. The fraction of sp³-hybridized carbons (Fsp3) is 0.500. The van der Waals surface area contributed by atoms with E-state index in [2.05, 4.69) is 20.3 Å². The van der Waals surface area contributed by atoms with Gasteiger partial charge in [0, 0.05) is 31.3 Å². The number of rotatable bonds is 8. The van der Waals surface area contributed by atoms with Crippen LogP contribution in [0.15, 0.2) is 34.2 Å². The van der Waals surface area contributed by atoms with Gasteiger partial charge in [0.1, 0.15) is 0 Å². The third-order valence-corrected chi connectivity index (χ3v) is 4.24. The molecule has 0 aliphatic heterocycles. The molecule has 0 unspecified atom stereocenters. The van der Waals surface area contributed by atoms with Crippen LogP contribution in [0.3, 0.4) is 0 Å². The molecule has 0 aromatic heterocycles. The zero-order chi connectivity index (χ0) is 18.2. The molecule has 1 aromatic rings. The molecule has 0 atom stereocenters. The first-order valence-corrected chi connectivity index (χ1v) is 9.03. The smallest absolute Gasteiger partial charge is 0.270 e. The number of nitro benzene ring substituents is 1. The second kappa shape index (κ2) is 9.18. The van der Waals surface area contributed by atoms with Crippen molar-refractivity contribution >= 4 is 21.7 Å². The summed E-state index contributed by atoms with van der Waals surface area (Å²) in [5.41, 5.74) is -0.272. The number of aliphatic imine (C=N–C) groups is 1. The van der Waals surface area contributed by atoms with E-state index in [4.69, 9.17) is 0 Å². The molecule has 0 heterocycles. The average Bonchev–Trinajstić information content (AvgIpc) is 2.51. The second-order valence-electron chi connectivity index (χ2n) is 5.21. The molecule has 0 fully saturated rings. The molecule has 0 saturated heterocycles. The average molecular weight is 357 g/mol. The molecular formula is C14H23N5O4S. The van der Waals surface area contributed by atoms with Gasteiger partial charge in [-0.25, -0.2) is 13.1 Å². The highest BCUT2D eigenvalue weighted by Gasteiger charge is 2.16. The van der Waals surface area contributed by atoms with Crippen molar-refractivity contribution in [3.8, 4) is 0 Å². The summed E-state index contributed by atoms with van der Waals surface area (Å²) in [6.07, 6.45) is 0. The Bertz CT molecular complexity index is 688. The molecule has 0 bridgehead atoms. The standard InChI is InChI=1S/C14H23N5O4S/c1-4-15-14(18-11(2)3)16-8-9-17-24(22,23)13-7-5-6-12(10-13)19(20)21/h5-7,10-11,17H,4,8-9H2,1-3H3,(H2,15,16,18). The van der Waals surface area contributed by atoms with Gasteiger partial charge in [-0.1, -0.05) is 6.07 Å². The predicted molar refractivity (Wildman–Crippen MR) is 92.5 cm³/mol. The molecule has 3 N–H and O–H groups in total. The maximum atomic E-state index is 12.1. The molecule has 24 heavy (non-hydrogen) atoms. The molecule has 0 radical (unpaired) electrons. The van der Waals surface area contributed by atoms with Crippen molar-refractivity contribution in [3.63, 3.8) is 0 Å². The van der Waals surface area contributed by atoms with Crippen molar-refractivity contribution in [1.29, 1.82) is 0 Å². The number of hydrogen-bond donors (Lipinski definition) is 3. The van der Waals surface area contributed by atoms with Crippen molar-refractivity contribution in [2.75, 3.05) is 19.6 Å². The summed E-state index contributed by atoms with van der Waals surface area (Å²) in [6, 6.07) is 5.10. The number of nitrogens with zero attached hydrogens (tertiary/aromatic N) is 2. The molecule has 1 aromatic carbocycles. The summed E-state index contributed by atoms with van der Waals surface area (Å²) >= 11 is 0. The Morgan fingerprint density at radius 1 is 1.38 bits per heavy atom. The molecule has 9 nitrogen and oxygen atoms in total. The van der Waals surface area contributed by atoms with Gasteiger partial charge in [-0.3, -0.25) is 15.1 Å². The van der Waals surface area contributed by atoms with E-state index in [1.165, 1.54) is 18.2 Å². The molecule has 134 valence electrons. The number of non-ortho nitro benzene ring substituents is 1. The Labute approximate surface area is 141 Å². The van der Waals surface area contributed by atoms with Gasteiger partial charge in [0.15, 0.2) is 5.96 Å². The van der Waals surface area contributed by atoms with E-state index in [1.54, 1.807) is 0 Å². The fourth-order valence-corrected chi connectivity index (χ4v) is 2.85. The summed E-state index contributed by atoms with van der Waals surface area (Å²) in [7, 11) is -3.81. The van der Waals surface area contributed by atoms with E-state index in [0.29, 0.717) is 12.5 Å². The van der Waals surface area contributed by atoms with Gasteiger partial charge in [-0.05, 0) is 26.8 Å². The van der Waals surface area contributed by atoms with Crippen LogP contribution in [0.5, 0.6) is 0 Å². The molecule has 0 spiro atoms. The van der Waals surface area contributed by atoms with Gasteiger partial charge >= 0.3 is 0 Å². The summed E-state index contributed by atoms with van der Waals surface area (Å²) in [5.74, 6) is 0.599. The first-order valence-electron chi connectivity index (χ1n) is 7.55. The van der Waals surface area contributed by atoms with Crippen LogP contribution in [0.4, 0.5) is 5.69 Å². The van der Waals surface area contributed by atoms with Gasteiger partial charge in [-0.2, -0.15) is 0 Å². The van der Waals surface area contributed by atoms with Gasteiger partial charge in [0.2, 0.25) is 10.0 Å². The quantitative estimate of drug-likeness (QED) is 0.208. The lowest BCUT2D eigenvalue weighted by molar-refractivity contribution is -0.385. The summed E-state index contributed by atoms with van der Waals surface area (Å²) in [4.78, 5) is 14.2. The maximum absolute atomic E-state index is 12.1. The van der Waals surface area contributed by atoms with E-state index in [1.807, 2.05) is 20.8 Å². The first-order chi connectivity index (χ1) is 11.3. The highest BCUT2D eigenvalue weighted by molar-refractivity contribution is 7.89. The maximum Gasteiger partial charge on any atom is 0.270 e. The highest BCUT2D eigenvalue weighted by Crippen LogP contribution is 2.16. The fourth-order valence-electron chi connectivity index (χ4n) is 1.79. The van der Waals surface area contributed by atoms with E-state index >= 15 is 0 Å². The third kappa shape index (κ3) is 6.50. The molecule has 0 saturated carbocycles. The van der Waals surface area contributed by atoms with Gasteiger partial charge in [0.25, 0.3) is 5.69 Å². The second-order valence-corrected chi connectivity index (χ2v) is 6.98. The van der Waals surface area contributed by atoms with Crippen molar-refractivity contribution in [2.45, 2.75) is 31.7 Å². The van der Waals surface area contributed by atoms with Crippen LogP contribution in [0, 0.1) is 10.1 Å².